The Morgan fingerprint density at radius 2 is 0.849 bits per heavy atom. The summed E-state index contributed by atoms with van der Waals surface area (Å²) in [5.74, 6) is 0.905. The van der Waals surface area contributed by atoms with Crippen LogP contribution >= 0.6 is 23.2 Å². The number of carbonyl (C=O) groups is 5. The molecule has 4 saturated heterocycles. The van der Waals surface area contributed by atoms with E-state index in [9.17, 15) is 50.3 Å². The number of alkyl halides is 7. The highest BCUT2D eigenvalue weighted by Gasteiger charge is 2.40. The number of ether oxygens (including phenoxy) is 1. The molecule has 0 radical (unpaired) electrons. The van der Waals surface area contributed by atoms with E-state index in [1.165, 1.54) is 55.0 Å². The Morgan fingerprint density at radius 3 is 1.30 bits per heavy atom. The number of nitrogen functional groups attached to an aromatic ring is 6. The number of nitrogens with zero attached hydrogens (tertiary/aromatic N) is 16. The maximum Gasteiger partial charge on any atom is 0.418 e. The van der Waals surface area contributed by atoms with Gasteiger partial charge in [0, 0.05) is 107 Å². The number of aromatic nitrogens is 12. The third kappa shape index (κ3) is 22.0. The third-order valence-corrected chi connectivity index (χ3v) is 20.0. The first kappa shape index (κ1) is 86.9. The Morgan fingerprint density at radius 1 is 0.445 bits per heavy atom. The lowest BCUT2D eigenvalue weighted by molar-refractivity contribution is -0.138. The summed E-state index contributed by atoms with van der Waals surface area (Å²) in [6.45, 7) is 9.93. The van der Waals surface area contributed by atoms with Crippen molar-refractivity contribution in [3.8, 4) is 5.82 Å². The van der Waals surface area contributed by atoms with Gasteiger partial charge in [-0.25, -0.2) is 49.8 Å². The molecule has 119 heavy (non-hydrogen) atoms. The number of pyridine rings is 10. The van der Waals surface area contributed by atoms with Crippen LogP contribution in [0.3, 0.4) is 0 Å². The topological polar surface area (TPSA) is 462 Å². The number of carbonyl (C=O) groups excluding carboxylic acids is 5. The number of halogens is 8. The standard InChI is InChI=1S/C17H21N5O.C16H16Cl2N4O.C16H13F3N6O.C16H16F3N5O.C16H18N4O2/c18-10-12-4-3-9-22(11-12)15-7-1-6-14(21-15)16(23)13-5-2-8-20-17(13)19;17-10-5-8-22(9-6-10)13-4-3-12(18)14(21-13)15(23)11-2-1-7-20-16(11)19;1-8-7-11(20)25(24-8)12-5-4-10(16(17,18)19)13(23-12)14(26)9-3-2-6-22-15(9)21;17-16(18,19)11-3-4-12(24-7-5-9(20)8-24)23-13(11)14(25)10-2-1-6-22-15(10)21;17-16-12(4-2-7-18-16)15(21)13-5-1-6-14(19-13)20-8-3-10-22-11-9-20/h1-2,5-8,12H,3-4,9-11,18H2,(H2,19,20);1-4,7,10H,5-6,8-9H2,(H2,19,20);2-7H,20H2,1H3,(H2,21,22);1-4,6,9H,5,7-8,20H2,(H2,21,22);1-2,4-7H,3,8-11H2,(H2,17,18). The molecule has 38 heteroatoms. The Bertz CT molecular complexity index is 5440. The second kappa shape index (κ2) is 39.4. The van der Waals surface area contributed by atoms with Crippen LogP contribution in [0.15, 0.2) is 171 Å². The molecule has 4 aliphatic heterocycles. The Balaban J connectivity index is 0.000000146. The molecule has 4 aliphatic rings. The molecule has 0 saturated carbocycles. The molecule has 4 fully saturated rings. The van der Waals surface area contributed by atoms with Gasteiger partial charge in [-0.1, -0.05) is 23.7 Å². The third-order valence-electron chi connectivity index (χ3n) is 19.3. The fourth-order valence-electron chi connectivity index (χ4n) is 13.1. The lowest BCUT2D eigenvalue weighted by Gasteiger charge is -2.33. The molecule has 11 aromatic heterocycles. The summed E-state index contributed by atoms with van der Waals surface area (Å²) >= 11 is 12.3. The highest BCUT2D eigenvalue weighted by atomic mass is 35.5. The summed E-state index contributed by atoms with van der Waals surface area (Å²) in [4.78, 5) is 112. The van der Waals surface area contributed by atoms with Gasteiger partial charge in [0.1, 0.15) is 86.6 Å². The van der Waals surface area contributed by atoms with Crippen molar-refractivity contribution in [2.24, 2.45) is 17.4 Å². The Hall–Kier alpha value is -12.9. The van der Waals surface area contributed by atoms with Gasteiger partial charge in [-0.15, -0.1) is 11.6 Å². The molecule has 11 aromatic rings. The first-order valence-electron chi connectivity index (χ1n) is 37.5. The molecule has 0 bridgehead atoms. The van der Waals surface area contributed by atoms with E-state index in [2.05, 4.69) is 69.6 Å². The molecular formula is C81H84Cl2F6N24O6. The zero-order chi connectivity index (χ0) is 85.2. The van der Waals surface area contributed by atoms with E-state index < -0.39 is 46.4 Å². The minimum absolute atomic E-state index is 0.0191. The summed E-state index contributed by atoms with van der Waals surface area (Å²) in [7, 11) is 0. The number of piperidine rings is 2. The quantitative estimate of drug-likeness (QED) is 0.0253. The van der Waals surface area contributed by atoms with Gasteiger partial charge in [0.05, 0.1) is 56.3 Å². The SMILES string of the molecule is Cc1cc(N)n(-c2ccc(C(F)(F)F)c(C(=O)c3cccnc3N)n2)n1.NCC1CCCN(c2cccc(C(=O)c3cccnc3N)n2)C1.Nc1ncccc1C(=O)c1cccc(N2CCCOCC2)n1.Nc1ncccc1C(=O)c1nc(N2CCC(Cl)CC2)ccc1Cl.Nc1ncccc1C(=O)c1nc(N2CCC(N)C2)ccc1C(F)(F)F. The smallest absolute Gasteiger partial charge is 0.384 e. The number of anilines is 10. The van der Waals surface area contributed by atoms with Crippen molar-refractivity contribution in [2.45, 2.75) is 69.2 Å². The fraction of sp³-hybridized carbons (Fsp3) is 0.284. The highest BCUT2D eigenvalue weighted by molar-refractivity contribution is 6.35. The van der Waals surface area contributed by atoms with Crippen molar-refractivity contribution in [1.29, 1.82) is 0 Å². The zero-order valence-corrected chi connectivity index (χ0v) is 65.7. The summed E-state index contributed by atoms with van der Waals surface area (Å²) in [6.07, 6.45) is 3.55. The highest BCUT2D eigenvalue weighted by Crippen LogP contribution is 2.37. The molecule has 15 heterocycles. The number of hydrogen-bond donors (Lipinski definition) is 8. The molecule has 30 nitrogen and oxygen atoms in total. The lowest BCUT2D eigenvalue weighted by atomic mass is 9.98. The average molecular weight is 1670 g/mol. The monoisotopic (exact) mass is 1670 g/mol. The van der Waals surface area contributed by atoms with Gasteiger partial charge in [0.25, 0.3) is 0 Å². The fourth-order valence-corrected chi connectivity index (χ4v) is 13.5. The molecule has 2 unspecified atom stereocenters. The molecule has 0 aromatic carbocycles. The summed E-state index contributed by atoms with van der Waals surface area (Å²) < 4.78 is 86.6. The summed E-state index contributed by atoms with van der Waals surface area (Å²) in [5.41, 5.74) is 44.5. The lowest BCUT2D eigenvalue weighted by Crippen LogP contribution is -2.38. The maximum atomic E-state index is 13.4. The minimum atomic E-state index is -4.78. The van der Waals surface area contributed by atoms with Gasteiger partial charge in [0.2, 0.25) is 28.9 Å². The molecule has 2 atom stereocenters. The second-order valence-electron chi connectivity index (χ2n) is 27.6. The van der Waals surface area contributed by atoms with Gasteiger partial charge < -0.3 is 70.2 Å². The Kier molecular flexibility index (Phi) is 28.8. The zero-order valence-electron chi connectivity index (χ0n) is 64.2. The average Bonchev–Trinajstić information content (AvgIpc) is 1.74. The predicted molar refractivity (Wildman–Crippen MR) is 440 cm³/mol. The van der Waals surface area contributed by atoms with Crippen LogP contribution in [0.25, 0.3) is 5.82 Å². The molecule has 620 valence electrons. The summed E-state index contributed by atoms with van der Waals surface area (Å²) in [5, 5.41) is 4.57. The normalized spacial score (nSPS) is 15.6. The number of aryl methyl sites for hydroxylation is 1. The second-order valence-corrected chi connectivity index (χ2v) is 28.7. The van der Waals surface area contributed by atoms with Crippen molar-refractivity contribution in [2.75, 3.05) is 126 Å². The molecule has 0 aliphatic carbocycles. The van der Waals surface area contributed by atoms with E-state index in [4.69, 9.17) is 73.8 Å². The van der Waals surface area contributed by atoms with Crippen LogP contribution in [0.2, 0.25) is 5.02 Å². The van der Waals surface area contributed by atoms with Gasteiger partial charge in [-0.3, -0.25) is 24.0 Å². The van der Waals surface area contributed by atoms with Crippen LogP contribution in [0.4, 0.5) is 84.5 Å². The first-order chi connectivity index (χ1) is 56.9. The van der Waals surface area contributed by atoms with E-state index >= 15 is 0 Å². The van der Waals surface area contributed by atoms with Gasteiger partial charge in [0.15, 0.2) is 5.82 Å². The largest absolute Gasteiger partial charge is 0.418 e. The van der Waals surface area contributed by atoms with Gasteiger partial charge in [-0.05, 0) is 179 Å². The molecule has 0 spiro atoms. The van der Waals surface area contributed by atoms with Crippen LogP contribution in [-0.2, 0) is 17.1 Å². The van der Waals surface area contributed by atoms with E-state index in [0.29, 0.717) is 77.4 Å². The van der Waals surface area contributed by atoms with Crippen LogP contribution in [0.5, 0.6) is 0 Å². The van der Waals surface area contributed by atoms with Crippen molar-refractivity contribution in [1.82, 2.24) is 59.6 Å². The van der Waals surface area contributed by atoms with Gasteiger partial charge in [-0.2, -0.15) is 36.1 Å². The molecule has 0 amide bonds. The molecule has 16 N–H and O–H groups in total. The summed E-state index contributed by atoms with van der Waals surface area (Å²) in [6, 6.07) is 35.3. The van der Waals surface area contributed by atoms with E-state index in [1.807, 2.05) is 30.3 Å². The number of rotatable bonds is 16. The predicted octanol–water partition coefficient (Wildman–Crippen LogP) is 10.4. The number of hydrogen-bond acceptors (Lipinski definition) is 29. The van der Waals surface area contributed by atoms with Crippen molar-refractivity contribution in [3.05, 3.63) is 249 Å². The first-order valence-corrected chi connectivity index (χ1v) is 38.3. The maximum absolute atomic E-state index is 13.4. The molecule has 15 rings (SSSR count). The number of ketones is 5. The van der Waals surface area contributed by atoms with Gasteiger partial charge >= 0.3 is 12.4 Å². The van der Waals surface area contributed by atoms with E-state index in [-0.39, 0.29) is 92.1 Å². The van der Waals surface area contributed by atoms with Crippen molar-refractivity contribution in [3.63, 3.8) is 0 Å². The van der Waals surface area contributed by atoms with Crippen LogP contribution < -0.4 is 65.5 Å². The number of nitrogens with two attached hydrogens (primary N) is 8. The Labute approximate surface area is 688 Å². The van der Waals surface area contributed by atoms with Crippen molar-refractivity contribution >= 4 is 110 Å². The van der Waals surface area contributed by atoms with E-state index in [1.54, 1.807) is 78.8 Å². The minimum Gasteiger partial charge on any atom is -0.384 e. The van der Waals surface area contributed by atoms with Crippen molar-refractivity contribution < 1.29 is 55.1 Å². The van der Waals surface area contributed by atoms with E-state index in [0.717, 1.165) is 118 Å². The van der Waals surface area contributed by atoms with Crippen LogP contribution in [-0.4, -0.2) is 172 Å². The van der Waals surface area contributed by atoms with Crippen LogP contribution in [0.1, 0.15) is 136 Å². The van der Waals surface area contributed by atoms with Crippen LogP contribution in [0, 0.1) is 12.8 Å². The molecular weight excluding hydrogens is 1590 g/mol.